The largest absolute Gasteiger partial charge is 0.458 e. The van der Waals surface area contributed by atoms with Gasteiger partial charge in [0.05, 0.1) is 6.42 Å². The molecule has 0 N–H and O–H groups in total. The Morgan fingerprint density at radius 3 is 2.65 bits per heavy atom. The maximum absolute atomic E-state index is 11.8. The molecule has 0 spiro atoms. The molecule has 0 aliphatic rings. The van der Waals surface area contributed by atoms with E-state index in [9.17, 15) is 4.79 Å². The minimum absolute atomic E-state index is 0.0325. The van der Waals surface area contributed by atoms with Crippen molar-refractivity contribution in [1.82, 2.24) is 4.98 Å². The molecule has 0 aliphatic carbocycles. The summed E-state index contributed by atoms with van der Waals surface area (Å²) in [5.74, 6) is 1.13. The van der Waals surface area contributed by atoms with Gasteiger partial charge in [-0.15, -0.1) is 0 Å². The number of pyridine rings is 1. The van der Waals surface area contributed by atoms with Gasteiger partial charge in [-0.3, -0.25) is 9.78 Å². The summed E-state index contributed by atoms with van der Waals surface area (Å²) in [4.78, 5) is 16.1. The quantitative estimate of drug-likeness (QED) is 0.757. The molecule has 2 rings (SSSR count). The molecule has 0 aromatic carbocycles. The summed E-state index contributed by atoms with van der Waals surface area (Å²) in [7, 11) is 0. The van der Waals surface area contributed by atoms with E-state index in [2.05, 4.69) is 11.9 Å². The third-order valence-electron chi connectivity index (χ3n) is 2.65. The minimum atomic E-state index is -0.0325. The van der Waals surface area contributed by atoms with E-state index in [1.807, 2.05) is 25.3 Å². The van der Waals surface area contributed by atoms with Crippen molar-refractivity contribution in [2.24, 2.45) is 0 Å². The maximum atomic E-state index is 11.8. The molecular formula is C14H15NO2. The van der Waals surface area contributed by atoms with Gasteiger partial charge in [0.15, 0.2) is 5.76 Å². The van der Waals surface area contributed by atoms with Gasteiger partial charge in [0.1, 0.15) is 5.76 Å². The molecule has 0 amide bonds. The van der Waals surface area contributed by atoms with E-state index in [4.69, 9.17) is 4.42 Å². The Balaban J connectivity index is 2.07. The SMILES string of the molecule is CCc1ccc(CC(=O)c2ccc(C)o2)nc1. The van der Waals surface area contributed by atoms with Crippen LogP contribution in [-0.2, 0) is 12.8 Å². The molecule has 2 aromatic rings. The highest BCUT2D eigenvalue weighted by Gasteiger charge is 2.11. The molecule has 88 valence electrons. The molecule has 3 nitrogen and oxygen atoms in total. The van der Waals surface area contributed by atoms with E-state index in [0.29, 0.717) is 5.76 Å². The first-order valence-corrected chi connectivity index (χ1v) is 5.72. The van der Waals surface area contributed by atoms with Gasteiger partial charge in [0, 0.05) is 11.9 Å². The number of nitrogens with zero attached hydrogens (tertiary/aromatic N) is 1. The Labute approximate surface area is 100 Å². The monoisotopic (exact) mass is 229 g/mol. The molecule has 2 aromatic heterocycles. The van der Waals surface area contributed by atoms with E-state index in [1.54, 1.807) is 12.1 Å². The van der Waals surface area contributed by atoms with Crippen LogP contribution in [0.4, 0.5) is 0 Å². The van der Waals surface area contributed by atoms with E-state index >= 15 is 0 Å². The van der Waals surface area contributed by atoms with Crippen molar-refractivity contribution >= 4 is 5.78 Å². The van der Waals surface area contributed by atoms with Crippen LogP contribution in [0.5, 0.6) is 0 Å². The molecule has 0 atom stereocenters. The molecule has 2 heterocycles. The first-order chi connectivity index (χ1) is 8.19. The summed E-state index contributed by atoms with van der Waals surface area (Å²) in [6.07, 6.45) is 3.06. The second kappa shape index (κ2) is 4.95. The highest BCUT2D eigenvalue weighted by Crippen LogP contribution is 2.10. The Bertz CT molecular complexity index is 511. The van der Waals surface area contributed by atoms with Gasteiger partial charge in [-0.1, -0.05) is 13.0 Å². The summed E-state index contributed by atoms with van der Waals surface area (Å²) in [6.45, 7) is 3.90. The highest BCUT2D eigenvalue weighted by molar-refractivity contribution is 5.94. The number of rotatable bonds is 4. The molecule has 0 radical (unpaired) electrons. The summed E-state index contributed by atoms with van der Waals surface area (Å²) < 4.78 is 5.29. The summed E-state index contributed by atoms with van der Waals surface area (Å²) in [5.41, 5.74) is 1.95. The molecule has 17 heavy (non-hydrogen) atoms. The molecule has 0 bridgehead atoms. The van der Waals surface area contributed by atoms with Crippen molar-refractivity contribution in [3.8, 4) is 0 Å². The standard InChI is InChI=1S/C14H15NO2/c1-3-11-5-6-12(15-9-11)8-13(16)14-7-4-10(2)17-14/h4-7,9H,3,8H2,1-2H3. The molecular weight excluding hydrogens is 214 g/mol. The van der Waals surface area contributed by atoms with E-state index in [1.165, 1.54) is 5.56 Å². The Kier molecular flexibility index (Phi) is 3.38. The van der Waals surface area contributed by atoms with Crippen molar-refractivity contribution in [3.63, 3.8) is 0 Å². The van der Waals surface area contributed by atoms with E-state index < -0.39 is 0 Å². The van der Waals surface area contributed by atoms with E-state index in [-0.39, 0.29) is 12.2 Å². The predicted octanol–water partition coefficient (Wildman–Crippen LogP) is 2.97. The van der Waals surface area contributed by atoms with Crippen LogP contribution in [0.15, 0.2) is 34.9 Å². The fourth-order valence-electron chi connectivity index (χ4n) is 1.60. The number of ketones is 1. The van der Waals surface area contributed by atoms with Gasteiger partial charge < -0.3 is 4.42 Å². The number of Topliss-reactive ketones (excluding diaryl/α,β-unsaturated/α-hetero) is 1. The lowest BCUT2D eigenvalue weighted by atomic mass is 10.1. The normalized spacial score (nSPS) is 10.5. The number of hydrogen-bond acceptors (Lipinski definition) is 3. The highest BCUT2D eigenvalue weighted by atomic mass is 16.3. The van der Waals surface area contributed by atoms with Crippen LogP contribution < -0.4 is 0 Å². The lowest BCUT2D eigenvalue weighted by Gasteiger charge is -2.00. The molecule has 0 saturated heterocycles. The fourth-order valence-corrected chi connectivity index (χ4v) is 1.60. The van der Waals surface area contributed by atoms with Gasteiger partial charge in [0.2, 0.25) is 5.78 Å². The minimum Gasteiger partial charge on any atom is -0.458 e. The summed E-state index contributed by atoms with van der Waals surface area (Å²) in [6, 6.07) is 7.40. The van der Waals surface area contributed by atoms with Gasteiger partial charge in [-0.05, 0) is 37.1 Å². The van der Waals surface area contributed by atoms with Crippen LogP contribution >= 0.6 is 0 Å². The lowest BCUT2D eigenvalue weighted by Crippen LogP contribution is -2.04. The van der Waals surface area contributed by atoms with E-state index in [0.717, 1.165) is 17.9 Å². The van der Waals surface area contributed by atoms with Gasteiger partial charge in [0.25, 0.3) is 0 Å². The molecule has 0 saturated carbocycles. The number of aryl methyl sites for hydroxylation is 2. The Morgan fingerprint density at radius 2 is 2.12 bits per heavy atom. The average Bonchev–Trinajstić information content (AvgIpc) is 2.77. The van der Waals surface area contributed by atoms with Crippen LogP contribution in [0.1, 0.15) is 34.5 Å². The molecule has 0 unspecified atom stereocenters. The topological polar surface area (TPSA) is 43.1 Å². The van der Waals surface area contributed by atoms with Crippen molar-refractivity contribution in [3.05, 3.63) is 53.2 Å². The van der Waals surface area contributed by atoms with Crippen LogP contribution in [0.2, 0.25) is 0 Å². The van der Waals surface area contributed by atoms with Crippen molar-refractivity contribution in [1.29, 1.82) is 0 Å². The van der Waals surface area contributed by atoms with Crippen LogP contribution in [0, 0.1) is 6.92 Å². The second-order valence-corrected chi connectivity index (χ2v) is 4.02. The van der Waals surface area contributed by atoms with Crippen LogP contribution in [0.25, 0.3) is 0 Å². The number of carbonyl (C=O) groups is 1. The number of carbonyl (C=O) groups excluding carboxylic acids is 1. The third-order valence-corrected chi connectivity index (χ3v) is 2.65. The summed E-state index contributed by atoms with van der Waals surface area (Å²) >= 11 is 0. The first kappa shape index (κ1) is 11.6. The van der Waals surface area contributed by atoms with Gasteiger partial charge >= 0.3 is 0 Å². The zero-order valence-electron chi connectivity index (χ0n) is 10.1. The van der Waals surface area contributed by atoms with Gasteiger partial charge in [-0.25, -0.2) is 0 Å². The zero-order valence-corrected chi connectivity index (χ0v) is 10.1. The van der Waals surface area contributed by atoms with Crippen LogP contribution in [0.3, 0.4) is 0 Å². The number of hydrogen-bond donors (Lipinski definition) is 0. The average molecular weight is 229 g/mol. The third kappa shape index (κ3) is 2.81. The van der Waals surface area contributed by atoms with Crippen molar-refractivity contribution < 1.29 is 9.21 Å². The fraction of sp³-hybridized carbons (Fsp3) is 0.286. The summed E-state index contributed by atoms with van der Waals surface area (Å²) in [5, 5.41) is 0. The van der Waals surface area contributed by atoms with Crippen molar-refractivity contribution in [2.75, 3.05) is 0 Å². The van der Waals surface area contributed by atoms with Gasteiger partial charge in [-0.2, -0.15) is 0 Å². The molecule has 3 heteroatoms. The molecule has 0 fully saturated rings. The van der Waals surface area contributed by atoms with Crippen molar-refractivity contribution in [2.45, 2.75) is 26.7 Å². The zero-order chi connectivity index (χ0) is 12.3. The number of furan rings is 1. The Hall–Kier alpha value is -1.90. The smallest absolute Gasteiger partial charge is 0.203 e. The Morgan fingerprint density at radius 1 is 1.29 bits per heavy atom. The molecule has 0 aliphatic heterocycles. The predicted molar refractivity (Wildman–Crippen MR) is 65.1 cm³/mol. The first-order valence-electron chi connectivity index (χ1n) is 5.72. The maximum Gasteiger partial charge on any atom is 0.203 e. The second-order valence-electron chi connectivity index (χ2n) is 4.02. The number of aromatic nitrogens is 1. The van der Waals surface area contributed by atoms with Crippen LogP contribution in [-0.4, -0.2) is 10.8 Å². The lowest BCUT2D eigenvalue weighted by molar-refractivity contribution is 0.0964.